The molecule has 0 unspecified atom stereocenters. The zero-order valence-corrected chi connectivity index (χ0v) is 13.4. The van der Waals surface area contributed by atoms with Gasteiger partial charge in [0.2, 0.25) is 5.95 Å². The standard InChI is InChI=1S/C16H21FN6O/c1-9-8-24-11(6-18)7-23(9)15-5-14(21-16(20)22-15)10-2-3-13(19)12(17)4-10/h2-5,9,11H,6-8,18-19H2,1H3,(H2,20,21,22)/t9-,11-/m1/s1. The number of ether oxygens (including phenoxy) is 1. The minimum atomic E-state index is -0.492. The third-order valence-corrected chi connectivity index (χ3v) is 4.09. The summed E-state index contributed by atoms with van der Waals surface area (Å²) in [4.78, 5) is 10.6. The molecule has 1 saturated heterocycles. The first-order chi connectivity index (χ1) is 11.5. The summed E-state index contributed by atoms with van der Waals surface area (Å²) in [6.07, 6.45) is -0.0604. The SMILES string of the molecule is C[C@@H]1CO[C@H](CN)CN1c1cc(-c2ccc(N)c(F)c2)nc(N)n1. The van der Waals surface area contributed by atoms with Crippen molar-refractivity contribution in [2.75, 3.05) is 36.1 Å². The summed E-state index contributed by atoms with van der Waals surface area (Å²) in [6, 6.07) is 6.46. The number of nitrogens with two attached hydrogens (primary N) is 3. The van der Waals surface area contributed by atoms with Gasteiger partial charge in [0.25, 0.3) is 0 Å². The Labute approximate surface area is 139 Å². The van der Waals surface area contributed by atoms with Crippen molar-refractivity contribution >= 4 is 17.5 Å². The number of benzene rings is 1. The highest BCUT2D eigenvalue weighted by Crippen LogP contribution is 2.27. The first kappa shape index (κ1) is 16.4. The van der Waals surface area contributed by atoms with Crippen LogP contribution in [0.15, 0.2) is 24.3 Å². The zero-order valence-electron chi connectivity index (χ0n) is 13.4. The molecule has 1 aromatic carbocycles. The lowest BCUT2D eigenvalue weighted by Gasteiger charge is -2.38. The number of nitrogens with zero attached hydrogens (tertiary/aromatic N) is 3. The van der Waals surface area contributed by atoms with Crippen molar-refractivity contribution in [1.82, 2.24) is 9.97 Å². The first-order valence-corrected chi connectivity index (χ1v) is 7.76. The van der Waals surface area contributed by atoms with Crippen LogP contribution in [0.3, 0.4) is 0 Å². The van der Waals surface area contributed by atoms with Gasteiger partial charge in [-0.1, -0.05) is 6.07 Å². The molecule has 8 heteroatoms. The topological polar surface area (TPSA) is 116 Å². The second-order valence-corrected chi connectivity index (χ2v) is 5.90. The molecule has 24 heavy (non-hydrogen) atoms. The van der Waals surface area contributed by atoms with Crippen molar-refractivity contribution in [3.05, 3.63) is 30.1 Å². The molecule has 0 radical (unpaired) electrons. The second kappa shape index (κ2) is 6.58. The maximum Gasteiger partial charge on any atom is 0.222 e. The molecule has 2 aromatic rings. The lowest BCUT2D eigenvalue weighted by atomic mass is 10.1. The number of aromatic nitrogens is 2. The molecule has 7 nitrogen and oxygen atoms in total. The van der Waals surface area contributed by atoms with Crippen LogP contribution >= 0.6 is 0 Å². The van der Waals surface area contributed by atoms with Crippen LogP contribution in [-0.2, 0) is 4.74 Å². The van der Waals surface area contributed by atoms with Crippen LogP contribution in [0.25, 0.3) is 11.3 Å². The average molecular weight is 332 g/mol. The fraction of sp³-hybridized carbons (Fsp3) is 0.375. The van der Waals surface area contributed by atoms with Gasteiger partial charge < -0.3 is 26.8 Å². The molecule has 0 saturated carbocycles. The Kier molecular flexibility index (Phi) is 4.50. The summed E-state index contributed by atoms with van der Waals surface area (Å²) in [7, 11) is 0. The normalized spacial score (nSPS) is 21.0. The van der Waals surface area contributed by atoms with E-state index in [2.05, 4.69) is 14.9 Å². The fourth-order valence-corrected chi connectivity index (χ4v) is 2.71. The minimum Gasteiger partial charge on any atom is -0.396 e. The van der Waals surface area contributed by atoms with Gasteiger partial charge in [-0.2, -0.15) is 4.98 Å². The smallest absolute Gasteiger partial charge is 0.222 e. The zero-order chi connectivity index (χ0) is 17.3. The number of halogens is 1. The molecule has 128 valence electrons. The second-order valence-electron chi connectivity index (χ2n) is 5.90. The number of anilines is 3. The van der Waals surface area contributed by atoms with Crippen LogP contribution in [0.2, 0.25) is 0 Å². The molecule has 1 aromatic heterocycles. The van der Waals surface area contributed by atoms with Gasteiger partial charge in [-0.25, -0.2) is 9.37 Å². The molecular weight excluding hydrogens is 311 g/mol. The highest BCUT2D eigenvalue weighted by molar-refractivity contribution is 5.66. The van der Waals surface area contributed by atoms with Crippen LogP contribution in [0.1, 0.15) is 6.92 Å². The molecule has 3 rings (SSSR count). The Morgan fingerprint density at radius 2 is 2.08 bits per heavy atom. The van der Waals surface area contributed by atoms with E-state index in [1.807, 2.05) is 6.92 Å². The van der Waals surface area contributed by atoms with Gasteiger partial charge in [-0.05, 0) is 19.1 Å². The van der Waals surface area contributed by atoms with E-state index in [1.54, 1.807) is 12.1 Å². The first-order valence-electron chi connectivity index (χ1n) is 7.76. The number of rotatable bonds is 3. The number of nitrogen functional groups attached to an aromatic ring is 2. The van der Waals surface area contributed by atoms with Crippen molar-refractivity contribution < 1.29 is 9.13 Å². The van der Waals surface area contributed by atoms with Crippen molar-refractivity contribution in [1.29, 1.82) is 0 Å². The van der Waals surface area contributed by atoms with Crippen LogP contribution < -0.4 is 22.1 Å². The average Bonchev–Trinajstić information content (AvgIpc) is 2.57. The summed E-state index contributed by atoms with van der Waals surface area (Å²) >= 11 is 0. The monoisotopic (exact) mass is 332 g/mol. The van der Waals surface area contributed by atoms with Crippen LogP contribution in [0, 0.1) is 5.82 Å². The molecule has 2 heterocycles. The molecule has 0 spiro atoms. The van der Waals surface area contributed by atoms with E-state index in [4.69, 9.17) is 21.9 Å². The molecule has 0 amide bonds. The van der Waals surface area contributed by atoms with Crippen LogP contribution in [-0.4, -0.2) is 41.8 Å². The third-order valence-electron chi connectivity index (χ3n) is 4.09. The van der Waals surface area contributed by atoms with E-state index >= 15 is 0 Å². The summed E-state index contributed by atoms with van der Waals surface area (Å²) in [5, 5.41) is 0. The van der Waals surface area contributed by atoms with E-state index in [0.717, 1.165) is 0 Å². The Bertz CT molecular complexity index is 741. The maximum absolute atomic E-state index is 13.7. The lowest BCUT2D eigenvalue weighted by Crippen LogP contribution is -2.51. The van der Waals surface area contributed by atoms with Gasteiger partial charge >= 0.3 is 0 Å². The minimum absolute atomic E-state index is 0.0604. The van der Waals surface area contributed by atoms with Gasteiger partial charge in [0.15, 0.2) is 0 Å². The van der Waals surface area contributed by atoms with Crippen molar-refractivity contribution in [3.8, 4) is 11.3 Å². The molecular formula is C16H21FN6O. The van der Waals surface area contributed by atoms with Crippen molar-refractivity contribution in [3.63, 3.8) is 0 Å². The molecule has 2 atom stereocenters. The predicted molar refractivity (Wildman–Crippen MR) is 91.9 cm³/mol. The Balaban J connectivity index is 1.97. The quantitative estimate of drug-likeness (QED) is 0.718. The summed E-state index contributed by atoms with van der Waals surface area (Å²) in [6.45, 7) is 3.63. The highest BCUT2D eigenvalue weighted by atomic mass is 19.1. The number of hydrogen-bond donors (Lipinski definition) is 3. The largest absolute Gasteiger partial charge is 0.396 e. The van der Waals surface area contributed by atoms with E-state index < -0.39 is 5.82 Å². The Morgan fingerprint density at radius 3 is 2.79 bits per heavy atom. The van der Waals surface area contributed by atoms with E-state index in [1.165, 1.54) is 12.1 Å². The molecule has 1 aliphatic heterocycles. The van der Waals surface area contributed by atoms with Gasteiger partial charge in [0.05, 0.1) is 30.1 Å². The summed E-state index contributed by atoms with van der Waals surface area (Å²) < 4.78 is 19.4. The van der Waals surface area contributed by atoms with Crippen LogP contribution in [0.4, 0.5) is 21.8 Å². The van der Waals surface area contributed by atoms with Gasteiger partial charge in [0.1, 0.15) is 11.6 Å². The number of hydrogen-bond acceptors (Lipinski definition) is 7. The van der Waals surface area contributed by atoms with E-state index in [9.17, 15) is 4.39 Å². The fourth-order valence-electron chi connectivity index (χ4n) is 2.71. The molecule has 1 aliphatic rings. The van der Waals surface area contributed by atoms with Gasteiger partial charge in [0, 0.05) is 24.7 Å². The maximum atomic E-state index is 13.7. The van der Waals surface area contributed by atoms with Crippen molar-refractivity contribution in [2.45, 2.75) is 19.1 Å². The Morgan fingerprint density at radius 1 is 1.29 bits per heavy atom. The lowest BCUT2D eigenvalue weighted by molar-refractivity contribution is 0.0280. The summed E-state index contributed by atoms with van der Waals surface area (Å²) in [5.74, 6) is 0.306. The third kappa shape index (κ3) is 3.24. The van der Waals surface area contributed by atoms with Gasteiger partial charge in [-0.3, -0.25) is 0 Å². The van der Waals surface area contributed by atoms with Crippen LogP contribution in [0.5, 0.6) is 0 Å². The molecule has 6 N–H and O–H groups in total. The van der Waals surface area contributed by atoms with E-state index in [-0.39, 0.29) is 23.8 Å². The predicted octanol–water partition coefficient (Wildman–Crippen LogP) is 1.000. The van der Waals surface area contributed by atoms with E-state index in [0.29, 0.717) is 36.8 Å². The van der Waals surface area contributed by atoms with Gasteiger partial charge in [-0.15, -0.1) is 0 Å². The molecule has 1 fully saturated rings. The molecule has 0 bridgehead atoms. The summed E-state index contributed by atoms with van der Waals surface area (Å²) in [5.41, 5.74) is 18.3. The highest BCUT2D eigenvalue weighted by Gasteiger charge is 2.27. The van der Waals surface area contributed by atoms with Crippen molar-refractivity contribution in [2.24, 2.45) is 5.73 Å². The number of morpholine rings is 1. The Hall–Kier alpha value is -2.45. The molecule has 0 aliphatic carbocycles.